The van der Waals surface area contributed by atoms with Gasteiger partial charge in [0, 0.05) is 11.1 Å². The first-order valence-corrected chi connectivity index (χ1v) is 11.2. The molecule has 1 aliphatic rings. The second-order valence-electron chi connectivity index (χ2n) is 8.86. The minimum atomic E-state index is -0.397. The number of esters is 1. The third kappa shape index (κ3) is 6.04. The van der Waals surface area contributed by atoms with Crippen LogP contribution in [0.3, 0.4) is 0 Å². The maximum atomic E-state index is 15.0. The zero-order chi connectivity index (χ0) is 22.4. The Labute approximate surface area is 185 Å². The summed E-state index contributed by atoms with van der Waals surface area (Å²) in [5.74, 6) is 0.627. The highest BCUT2D eigenvalue weighted by molar-refractivity contribution is 5.86. The van der Waals surface area contributed by atoms with Crippen LogP contribution in [0.25, 0.3) is 11.1 Å². The molecule has 4 heteroatoms. The second kappa shape index (κ2) is 10.7. The number of halogens is 1. The number of benzene rings is 2. The normalized spacial score (nSPS) is 18.6. The zero-order valence-corrected chi connectivity index (χ0v) is 18.6. The summed E-state index contributed by atoms with van der Waals surface area (Å²) in [6.45, 7) is 7.67. The molecule has 3 nitrogen and oxygen atoms in total. The molecule has 31 heavy (non-hydrogen) atoms. The molecule has 0 spiro atoms. The summed E-state index contributed by atoms with van der Waals surface area (Å²) in [5, 5.41) is 9.68. The predicted octanol–water partition coefficient (Wildman–Crippen LogP) is 6.33. The summed E-state index contributed by atoms with van der Waals surface area (Å²) < 4.78 is 20.2. The Kier molecular flexibility index (Phi) is 8.03. The molecule has 0 amide bonds. The quantitative estimate of drug-likeness (QED) is 0.306. The van der Waals surface area contributed by atoms with Gasteiger partial charge in [-0.2, -0.15) is 0 Å². The van der Waals surface area contributed by atoms with Crippen molar-refractivity contribution in [2.75, 3.05) is 6.61 Å². The molecule has 1 saturated carbocycles. The number of aryl methyl sites for hydroxylation is 1. The molecule has 3 rings (SSSR count). The van der Waals surface area contributed by atoms with E-state index < -0.39 is 5.97 Å². The fourth-order valence-electron chi connectivity index (χ4n) is 4.34. The predicted molar refractivity (Wildman–Crippen MR) is 122 cm³/mol. The van der Waals surface area contributed by atoms with Crippen LogP contribution in [0.2, 0.25) is 0 Å². The Morgan fingerprint density at radius 1 is 1.13 bits per heavy atom. The first-order chi connectivity index (χ1) is 14.9. The van der Waals surface area contributed by atoms with Gasteiger partial charge in [0.05, 0.1) is 13.2 Å². The number of aliphatic hydroxyl groups is 1. The molecule has 1 fully saturated rings. The third-order valence-corrected chi connectivity index (χ3v) is 6.34. The topological polar surface area (TPSA) is 46.5 Å². The number of ether oxygens (including phenoxy) is 1. The van der Waals surface area contributed by atoms with Crippen LogP contribution in [0.4, 0.5) is 4.39 Å². The van der Waals surface area contributed by atoms with E-state index in [1.165, 1.54) is 12.8 Å². The molecule has 0 unspecified atom stereocenters. The van der Waals surface area contributed by atoms with Crippen molar-refractivity contribution in [1.82, 2.24) is 0 Å². The highest BCUT2D eigenvalue weighted by Gasteiger charge is 2.21. The number of carbonyl (C=O) groups is 1. The largest absolute Gasteiger partial charge is 0.462 e. The van der Waals surface area contributed by atoms with Crippen LogP contribution < -0.4 is 0 Å². The van der Waals surface area contributed by atoms with Gasteiger partial charge in [-0.15, -0.1) is 0 Å². The first kappa shape index (κ1) is 23.2. The molecule has 1 N–H and O–H groups in total. The summed E-state index contributed by atoms with van der Waals surface area (Å²) in [5.41, 5.74) is 4.60. The minimum Gasteiger partial charge on any atom is -0.462 e. The monoisotopic (exact) mass is 424 g/mol. The van der Waals surface area contributed by atoms with E-state index in [4.69, 9.17) is 4.74 Å². The molecule has 0 saturated heterocycles. The lowest BCUT2D eigenvalue weighted by atomic mass is 9.79. The van der Waals surface area contributed by atoms with Crippen molar-refractivity contribution < 1.29 is 19.0 Å². The molecule has 0 atom stereocenters. The van der Waals surface area contributed by atoms with Gasteiger partial charge in [0.1, 0.15) is 5.82 Å². The van der Waals surface area contributed by atoms with Crippen LogP contribution in [-0.4, -0.2) is 17.7 Å². The van der Waals surface area contributed by atoms with Gasteiger partial charge in [0.15, 0.2) is 0 Å². The Bertz CT molecular complexity index is 926. The summed E-state index contributed by atoms with van der Waals surface area (Å²) in [6, 6.07) is 11.3. The summed E-state index contributed by atoms with van der Waals surface area (Å²) >= 11 is 0. The van der Waals surface area contributed by atoms with E-state index in [-0.39, 0.29) is 19.0 Å². The van der Waals surface area contributed by atoms with Gasteiger partial charge in [-0.05, 0) is 72.8 Å². The smallest absolute Gasteiger partial charge is 0.333 e. The van der Waals surface area contributed by atoms with Gasteiger partial charge in [-0.25, -0.2) is 9.18 Å². The molecule has 166 valence electrons. The fourth-order valence-corrected chi connectivity index (χ4v) is 4.34. The van der Waals surface area contributed by atoms with E-state index in [0.717, 1.165) is 41.0 Å². The van der Waals surface area contributed by atoms with E-state index in [1.54, 1.807) is 13.0 Å². The minimum absolute atomic E-state index is 0.0807. The standard InChI is InChI=1S/C27H33FO3/c1-18(2)27(30)31-14-4-5-21-15-23(10-11-24(21)17-29)25-13-12-22(16-26(25)28)20-8-6-19(3)7-9-20/h10-13,15-16,19-20,29H,1,4-9,14,17H2,2-3H3. The van der Waals surface area contributed by atoms with E-state index in [9.17, 15) is 9.90 Å². The van der Waals surface area contributed by atoms with Crippen LogP contribution in [-0.2, 0) is 22.6 Å². The Balaban J connectivity index is 1.72. The Morgan fingerprint density at radius 3 is 2.52 bits per heavy atom. The molecule has 0 aliphatic heterocycles. The van der Waals surface area contributed by atoms with Gasteiger partial charge in [-0.1, -0.05) is 56.7 Å². The zero-order valence-electron chi connectivity index (χ0n) is 18.6. The molecule has 0 bridgehead atoms. The maximum Gasteiger partial charge on any atom is 0.333 e. The third-order valence-electron chi connectivity index (χ3n) is 6.34. The summed E-state index contributed by atoms with van der Waals surface area (Å²) in [6.07, 6.45) is 5.93. The van der Waals surface area contributed by atoms with Crippen molar-refractivity contribution in [1.29, 1.82) is 0 Å². The lowest BCUT2D eigenvalue weighted by molar-refractivity contribution is -0.139. The molecule has 0 radical (unpaired) electrons. The van der Waals surface area contributed by atoms with Crippen molar-refractivity contribution in [3.8, 4) is 11.1 Å². The van der Waals surface area contributed by atoms with Crippen LogP contribution in [0.15, 0.2) is 48.6 Å². The van der Waals surface area contributed by atoms with E-state index >= 15 is 4.39 Å². The van der Waals surface area contributed by atoms with Gasteiger partial charge in [-0.3, -0.25) is 0 Å². The highest BCUT2D eigenvalue weighted by Crippen LogP contribution is 2.37. The number of hydrogen-bond acceptors (Lipinski definition) is 3. The fraction of sp³-hybridized carbons (Fsp3) is 0.444. The molecule has 0 aromatic heterocycles. The van der Waals surface area contributed by atoms with Gasteiger partial charge < -0.3 is 9.84 Å². The Morgan fingerprint density at radius 2 is 1.87 bits per heavy atom. The second-order valence-corrected chi connectivity index (χ2v) is 8.86. The van der Waals surface area contributed by atoms with Crippen molar-refractivity contribution in [2.24, 2.45) is 5.92 Å². The van der Waals surface area contributed by atoms with Crippen LogP contribution in [0.5, 0.6) is 0 Å². The molecular formula is C27H33FO3. The highest BCUT2D eigenvalue weighted by atomic mass is 19.1. The molecule has 2 aromatic rings. The number of hydrogen-bond donors (Lipinski definition) is 1. The average Bonchev–Trinajstić information content (AvgIpc) is 2.76. The van der Waals surface area contributed by atoms with Crippen LogP contribution >= 0.6 is 0 Å². The van der Waals surface area contributed by atoms with Crippen molar-refractivity contribution in [3.05, 3.63) is 71.1 Å². The first-order valence-electron chi connectivity index (χ1n) is 11.2. The van der Waals surface area contributed by atoms with Gasteiger partial charge >= 0.3 is 5.97 Å². The van der Waals surface area contributed by atoms with E-state index in [1.807, 2.05) is 24.3 Å². The lowest BCUT2D eigenvalue weighted by Gasteiger charge is -2.26. The SMILES string of the molecule is C=C(C)C(=O)OCCCc1cc(-c2ccc(C3CCC(C)CC3)cc2F)ccc1CO. The number of aliphatic hydroxyl groups excluding tert-OH is 1. The van der Waals surface area contributed by atoms with Gasteiger partial charge in [0.2, 0.25) is 0 Å². The summed E-state index contributed by atoms with van der Waals surface area (Å²) in [4.78, 5) is 11.5. The lowest BCUT2D eigenvalue weighted by Crippen LogP contribution is -2.11. The maximum absolute atomic E-state index is 15.0. The van der Waals surface area contributed by atoms with Crippen molar-refractivity contribution >= 4 is 5.97 Å². The van der Waals surface area contributed by atoms with E-state index in [2.05, 4.69) is 19.6 Å². The molecular weight excluding hydrogens is 391 g/mol. The Hall–Kier alpha value is -2.46. The van der Waals surface area contributed by atoms with Crippen LogP contribution in [0, 0.1) is 11.7 Å². The molecule has 2 aromatic carbocycles. The van der Waals surface area contributed by atoms with Crippen molar-refractivity contribution in [3.63, 3.8) is 0 Å². The van der Waals surface area contributed by atoms with Crippen LogP contribution in [0.1, 0.15) is 68.6 Å². The molecule has 0 heterocycles. The van der Waals surface area contributed by atoms with Gasteiger partial charge in [0.25, 0.3) is 0 Å². The number of carbonyl (C=O) groups excluding carboxylic acids is 1. The molecule has 1 aliphatic carbocycles. The van der Waals surface area contributed by atoms with E-state index in [0.29, 0.717) is 29.9 Å². The number of rotatable bonds is 8. The summed E-state index contributed by atoms with van der Waals surface area (Å²) in [7, 11) is 0. The average molecular weight is 425 g/mol. The van der Waals surface area contributed by atoms with Crippen molar-refractivity contribution in [2.45, 2.75) is 64.9 Å².